The van der Waals surface area contributed by atoms with E-state index in [-0.39, 0.29) is 24.4 Å². The van der Waals surface area contributed by atoms with Gasteiger partial charge in [0.05, 0.1) is 18.7 Å². The zero-order valence-corrected chi connectivity index (χ0v) is 14.4. The summed E-state index contributed by atoms with van der Waals surface area (Å²) in [5.74, 6) is 0.845. The summed E-state index contributed by atoms with van der Waals surface area (Å²) in [6.45, 7) is 1.41. The Morgan fingerprint density at radius 2 is 2.24 bits per heavy atom. The maximum Gasteiger partial charge on any atom is 0.319 e. The standard InChI is InChI=1S/C17H22N4O4/c1-20(2)17(23)21-7-3-5-12(11-21)16(22)18-10-13-9-15(25-19-13)14-6-4-8-24-14/h4,6,8-9,12H,3,5,7,10-11H2,1-2H3,(H,18,22)/t12-/m1/s1. The number of rotatable bonds is 4. The molecule has 0 saturated carbocycles. The summed E-state index contributed by atoms with van der Waals surface area (Å²) in [6.07, 6.45) is 3.16. The fourth-order valence-corrected chi connectivity index (χ4v) is 2.90. The Bertz CT molecular complexity index is 723. The monoisotopic (exact) mass is 346 g/mol. The van der Waals surface area contributed by atoms with Gasteiger partial charge in [-0.1, -0.05) is 5.16 Å². The minimum atomic E-state index is -0.200. The van der Waals surface area contributed by atoms with Gasteiger partial charge in [-0.3, -0.25) is 4.79 Å². The molecule has 0 bridgehead atoms. The van der Waals surface area contributed by atoms with Crippen molar-refractivity contribution in [3.8, 4) is 11.5 Å². The number of nitrogens with zero attached hydrogens (tertiary/aromatic N) is 3. The second kappa shape index (κ2) is 7.42. The highest BCUT2D eigenvalue weighted by Crippen LogP contribution is 2.21. The van der Waals surface area contributed by atoms with E-state index in [2.05, 4.69) is 10.5 Å². The van der Waals surface area contributed by atoms with Gasteiger partial charge in [0.1, 0.15) is 5.69 Å². The molecule has 3 amide bonds. The van der Waals surface area contributed by atoms with Crippen LogP contribution in [0.2, 0.25) is 0 Å². The predicted octanol–water partition coefficient (Wildman–Crippen LogP) is 1.94. The average molecular weight is 346 g/mol. The number of furan rings is 1. The Kier molecular flexibility index (Phi) is 5.06. The number of hydrogen-bond donors (Lipinski definition) is 1. The molecular formula is C17H22N4O4. The first-order chi connectivity index (χ1) is 12.0. The lowest BCUT2D eigenvalue weighted by Crippen LogP contribution is -2.48. The summed E-state index contributed by atoms with van der Waals surface area (Å²) in [5, 5.41) is 6.81. The lowest BCUT2D eigenvalue weighted by atomic mass is 9.97. The van der Waals surface area contributed by atoms with Crippen LogP contribution in [-0.4, -0.2) is 54.1 Å². The smallest absolute Gasteiger partial charge is 0.319 e. The molecule has 0 radical (unpaired) electrons. The van der Waals surface area contributed by atoms with E-state index in [1.165, 1.54) is 4.90 Å². The molecule has 8 nitrogen and oxygen atoms in total. The van der Waals surface area contributed by atoms with E-state index in [1.807, 2.05) is 0 Å². The van der Waals surface area contributed by atoms with Crippen LogP contribution in [0.4, 0.5) is 4.79 Å². The number of hydrogen-bond acceptors (Lipinski definition) is 5. The minimum Gasteiger partial charge on any atom is -0.461 e. The largest absolute Gasteiger partial charge is 0.461 e. The van der Waals surface area contributed by atoms with Gasteiger partial charge in [-0.2, -0.15) is 0 Å². The summed E-state index contributed by atoms with van der Waals surface area (Å²) in [4.78, 5) is 27.7. The molecule has 1 aliphatic heterocycles. The molecule has 8 heteroatoms. The van der Waals surface area contributed by atoms with Gasteiger partial charge in [-0.05, 0) is 25.0 Å². The third kappa shape index (κ3) is 4.01. The van der Waals surface area contributed by atoms with E-state index in [9.17, 15) is 9.59 Å². The minimum absolute atomic E-state index is 0.0582. The summed E-state index contributed by atoms with van der Waals surface area (Å²) < 4.78 is 10.5. The molecule has 1 aliphatic rings. The fraction of sp³-hybridized carbons (Fsp3) is 0.471. The second-order valence-corrected chi connectivity index (χ2v) is 6.34. The average Bonchev–Trinajstić information content (AvgIpc) is 3.30. The van der Waals surface area contributed by atoms with E-state index in [1.54, 1.807) is 43.5 Å². The number of aromatic nitrogens is 1. The Morgan fingerprint density at radius 1 is 1.40 bits per heavy atom. The molecule has 1 saturated heterocycles. The van der Waals surface area contributed by atoms with Gasteiger partial charge in [-0.25, -0.2) is 4.79 Å². The van der Waals surface area contributed by atoms with E-state index in [0.29, 0.717) is 30.3 Å². The highest BCUT2D eigenvalue weighted by atomic mass is 16.5. The van der Waals surface area contributed by atoms with Crippen molar-refractivity contribution in [3.05, 3.63) is 30.2 Å². The fourth-order valence-electron chi connectivity index (χ4n) is 2.90. The SMILES string of the molecule is CN(C)C(=O)N1CCC[C@@H](C(=O)NCc2cc(-c3ccco3)on2)C1. The van der Waals surface area contributed by atoms with Crippen molar-refractivity contribution in [3.63, 3.8) is 0 Å². The van der Waals surface area contributed by atoms with Crippen molar-refractivity contribution in [2.75, 3.05) is 27.2 Å². The number of likely N-dealkylation sites (tertiary alicyclic amines) is 1. The summed E-state index contributed by atoms with van der Waals surface area (Å²) in [5.41, 5.74) is 0.622. The molecule has 0 unspecified atom stereocenters. The summed E-state index contributed by atoms with van der Waals surface area (Å²) in [7, 11) is 3.43. The molecule has 3 rings (SSSR count). The molecular weight excluding hydrogens is 324 g/mol. The van der Waals surface area contributed by atoms with Gasteiger partial charge < -0.3 is 24.1 Å². The Hall–Kier alpha value is -2.77. The lowest BCUT2D eigenvalue weighted by molar-refractivity contribution is -0.126. The highest BCUT2D eigenvalue weighted by Gasteiger charge is 2.29. The molecule has 1 N–H and O–H groups in total. The van der Waals surface area contributed by atoms with Gasteiger partial charge >= 0.3 is 6.03 Å². The van der Waals surface area contributed by atoms with Crippen molar-refractivity contribution in [1.29, 1.82) is 0 Å². The summed E-state index contributed by atoms with van der Waals surface area (Å²) >= 11 is 0. The van der Waals surface area contributed by atoms with E-state index in [0.717, 1.165) is 12.8 Å². The molecule has 1 atom stereocenters. The first-order valence-corrected chi connectivity index (χ1v) is 8.28. The number of amides is 3. The number of nitrogens with one attached hydrogen (secondary N) is 1. The van der Waals surface area contributed by atoms with Crippen molar-refractivity contribution in [2.45, 2.75) is 19.4 Å². The first-order valence-electron chi connectivity index (χ1n) is 8.28. The predicted molar refractivity (Wildman–Crippen MR) is 89.4 cm³/mol. The third-order valence-corrected chi connectivity index (χ3v) is 4.21. The van der Waals surface area contributed by atoms with Crippen LogP contribution in [0.5, 0.6) is 0 Å². The molecule has 0 aromatic carbocycles. The zero-order valence-electron chi connectivity index (χ0n) is 14.4. The second-order valence-electron chi connectivity index (χ2n) is 6.34. The van der Waals surface area contributed by atoms with E-state index < -0.39 is 0 Å². The molecule has 2 aromatic heterocycles. The topological polar surface area (TPSA) is 91.8 Å². The maximum atomic E-state index is 12.4. The maximum absolute atomic E-state index is 12.4. The normalized spacial score (nSPS) is 17.4. The molecule has 0 aliphatic carbocycles. The van der Waals surface area contributed by atoms with E-state index >= 15 is 0 Å². The summed E-state index contributed by atoms with van der Waals surface area (Å²) in [6, 6.07) is 5.23. The van der Waals surface area contributed by atoms with Crippen molar-refractivity contribution >= 4 is 11.9 Å². The van der Waals surface area contributed by atoms with Crippen LogP contribution in [0.3, 0.4) is 0 Å². The van der Waals surface area contributed by atoms with Crippen LogP contribution in [0.25, 0.3) is 11.5 Å². The Balaban J connectivity index is 1.53. The molecule has 134 valence electrons. The van der Waals surface area contributed by atoms with Gasteiger partial charge in [0.25, 0.3) is 0 Å². The van der Waals surface area contributed by atoms with Crippen molar-refractivity contribution < 1.29 is 18.5 Å². The van der Waals surface area contributed by atoms with Crippen LogP contribution >= 0.6 is 0 Å². The number of piperidine rings is 1. The molecule has 1 fully saturated rings. The molecule has 3 heterocycles. The zero-order chi connectivity index (χ0) is 17.8. The van der Waals surface area contributed by atoms with Gasteiger partial charge in [-0.15, -0.1) is 0 Å². The quantitative estimate of drug-likeness (QED) is 0.913. The van der Waals surface area contributed by atoms with Crippen LogP contribution in [0.1, 0.15) is 18.5 Å². The van der Waals surface area contributed by atoms with E-state index in [4.69, 9.17) is 8.94 Å². The van der Waals surface area contributed by atoms with Gasteiger partial charge in [0, 0.05) is 33.3 Å². The number of urea groups is 1. The van der Waals surface area contributed by atoms with Crippen LogP contribution in [0, 0.1) is 5.92 Å². The molecule has 25 heavy (non-hydrogen) atoms. The Labute approximate surface area is 145 Å². The van der Waals surface area contributed by atoms with Crippen LogP contribution in [0.15, 0.2) is 33.4 Å². The van der Waals surface area contributed by atoms with Crippen LogP contribution in [-0.2, 0) is 11.3 Å². The van der Waals surface area contributed by atoms with Crippen LogP contribution < -0.4 is 5.32 Å². The van der Waals surface area contributed by atoms with Gasteiger partial charge in [0.15, 0.2) is 5.76 Å². The highest BCUT2D eigenvalue weighted by molar-refractivity contribution is 5.80. The van der Waals surface area contributed by atoms with Gasteiger partial charge in [0.2, 0.25) is 11.7 Å². The number of carbonyl (C=O) groups excluding carboxylic acids is 2. The molecule has 0 spiro atoms. The van der Waals surface area contributed by atoms with Crippen molar-refractivity contribution in [1.82, 2.24) is 20.3 Å². The first kappa shape index (κ1) is 17.1. The third-order valence-electron chi connectivity index (χ3n) is 4.21. The lowest BCUT2D eigenvalue weighted by Gasteiger charge is -2.33. The van der Waals surface area contributed by atoms with Crippen molar-refractivity contribution in [2.24, 2.45) is 5.92 Å². The Morgan fingerprint density at radius 3 is 2.96 bits per heavy atom. The molecule has 2 aromatic rings. The number of carbonyl (C=O) groups is 2.